The van der Waals surface area contributed by atoms with Crippen LogP contribution in [0.5, 0.6) is 0 Å². The Labute approximate surface area is 165 Å². The van der Waals surface area contributed by atoms with E-state index in [1.165, 1.54) is 0 Å². The molecule has 148 valence electrons. The molecule has 2 N–H and O–H groups in total. The summed E-state index contributed by atoms with van der Waals surface area (Å²) in [6.45, 7) is 8.50. The first-order chi connectivity index (χ1) is 13.4. The molecule has 3 aromatic rings. The van der Waals surface area contributed by atoms with Crippen LogP contribution in [0.2, 0.25) is 0 Å². The zero-order valence-corrected chi connectivity index (χ0v) is 17.2. The number of H-pyrrole nitrogens is 1. The van der Waals surface area contributed by atoms with Gasteiger partial charge in [-0.05, 0) is 51.0 Å². The van der Waals surface area contributed by atoms with Crippen molar-refractivity contribution in [1.82, 2.24) is 30.0 Å². The first-order valence-electron chi connectivity index (χ1n) is 9.53. The second kappa shape index (κ2) is 8.29. The van der Waals surface area contributed by atoms with E-state index < -0.39 is 0 Å². The van der Waals surface area contributed by atoms with Crippen molar-refractivity contribution < 1.29 is 4.79 Å². The molecular formula is C21H28N6O. The van der Waals surface area contributed by atoms with Crippen LogP contribution in [0.4, 0.5) is 4.79 Å². The van der Waals surface area contributed by atoms with Gasteiger partial charge in [-0.15, -0.1) is 0 Å². The van der Waals surface area contributed by atoms with Gasteiger partial charge in [0, 0.05) is 31.2 Å². The summed E-state index contributed by atoms with van der Waals surface area (Å²) in [7, 11) is 1.80. The van der Waals surface area contributed by atoms with Crippen molar-refractivity contribution in [1.29, 1.82) is 0 Å². The van der Waals surface area contributed by atoms with E-state index in [-0.39, 0.29) is 12.1 Å². The zero-order valence-electron chi connectivity index (χ0n) is 17.2. The molecule has 2 aromatic heterocycles. The number of nitrogens with zero attached hydrogens (tertiary/aromatic N) is 4. The van der Waals surface area contributed by atoms with E-state index in [1.807, 2.05) is 56.6 Å². The number of hydrogen-bond donors (Lipinski definition) is 2. The van der Waals surface area contributed by atoms with Gasteiger partial charge in [-0.2, -0.15) is 5.10 Å². The van der Waals surface area contributed by atoms with Crippen molar-refractivity contribution in [2.75, 3.05) is 7.05 Å². The number of amides is 2. The topological polar surface area (TPSA) is 78.8 Å². The summed E-state index contributed by atoms with van der Waals surface area (Å²) in [4.78, 5) is 21.9. The lowest BCUT2D eigenvalue weighted by molar-refractivity contribution is 0.201. The molecule has 0 aliphatic rings. The van der Waals surface area contributed by atoms with Crippen molar-refractivity contribution in [2.45, 2.75) is 46.7 Å². The first kappa shape index (κ1) is 19.7. The molecule has 0 saturated carbocycles. The monoisotopic (exact) mass is 380 g/mol. The highest BCUT2D eigenvalue weighted by atomic mass is 16.2. The minimum atomic E-state index is -0.135. The average molecular weight is 380 g/mol. The summed E-state index contributed by atoms with van der Waals surface area (Å²) in [5.41, 5.74) is 5.09. The Bertz CT molecular complexity index is 957. The summed E-state index contributed by atoms with van der Waals surface area (Å²) in [5, 5.41) is 7.59. The first-order valence-corrected chi connectivity index (χ1v) is 9.53. The van der Waals surface area contributed by atoms with Crippen LogP contribution in [0.1, 0.15) is 47.9 Å². The molecule has 2 heterocycles. The van der Waals surface area contributed by atoms with Crippen LogP contribution in [0, 0.1) is 20.8 Å². The molecule has 7 heteroatoms. The fourth-order valence-corrected chi connectivity index (χ4v) is 3.26. The smallest absolute Gasteiger partial charge is 0.318 e. The van der Waals surface area contributed by atoms with E-state index in [4.69, 9.17) is 0 Å². The molecule has 0 aliphatic carbocycles. The predicted octanol–water partition coefficient (Wildman–Crippen LogP) is 3.81. The number of aryl methyl sites for hydroxylation is 3. The van der Waals surface area contributed by atoms with E-state index in [0.29, 0.717) is 6.54 Å². The average Bonchev–Trinajstić information content (AvgIpc) is 3.24. The van der Waals surface area contributed by atoms with Gasteiger partial charge < -0.3 is 15.2 Å². The van der Waals surface area contributed by atoms with Gasteiger partial charge in [-0.3, -0.25) is 0 Å². The van der Waals surface area contributed by atoms with Gasteiger partial charge in [0.2, 0.25) is 0 Å². The highest BCUT2D eigenvalue weighted by molar-refractivity contribution is 5.74. The van der Waals surface area contributed by atoms with Crippen LogP contribution in [0.3, 0.4) is 0 Å². The van der Waals surface area contributed by atoms with Crippen LogP contribution in [0.15, 0.2) is 36.5 Å². The Morgan fingerprint density at radius 1 is 1.29 bits per heavy atom. The molecule has 0 aliphatic heterocycles. The standard InChI is InChI=1S/C21H28N6O/c1-6-19(20-22-12-15(3)23-20)24-21(28)26(5)13-17-8-7-9-18(11-17)27-16(4)10-14(2)25-27/h7-12,19H,6,13H2,1-5H3,(H,22,23)(H,24,28)/t19-/m0/s1. The maximum Gasteiger partial charge on any atom is 0.318 e. The number of hydrogen-bond acceptors (Lipinski definition) is 3. The minimum Gasteiger partial charge on any atom is -0.344 e. The fraction of sp³-hybridized carbons (Fsp3) is 0.381. The number of benzene rings is 1. The number of nitrogens with one attached hydrogen (secondary N) is 2. The molecular weight excluding hydrogens is 352 g/mol. The number of rotatable bonds is 6. The van der Waals surface area contributed by atoms with Gasteiger partial charge in [0.1, 0.15) is 5.82 Å². The number of carbonyl (C=O) groups excluding carboxylic acids is 1. The van der Waals surface area contributed by atoms with Crippen LogP contribution in [-0.4, -0.2) is 37.7 Å². The highest BCUT2D eigenvalue weighted by Gasteiger charge is 2.18. The molecule has 0 spiro atoms. The van der Waals surface area contributed by atoms with Crippen LogP contribution in [0.25, 0.3) is 5.69 Å². The third-order valence-corrected chi connectivity index (χ3v) is 4.69. The van der Waals surface area contributed by atoms with E-state index in [1.54, 1.807) is 18.1 Å². The lowest BCUT2D eigenvalue weighted by Crippen LogP contribution is -2.39. The summed E-state index contributed by atoms with van der Waals surface area (Å²) < 4.78 is 1.92. The largest absolute Gasteiger partial charge is 0.344 e. The molecule has 1 atom stereocenters. The van der Waals surface area contributed by atoms with Gasteiger partial charge in [0.05, 0.1) is 17.4 Å². The molecule has 1 aromatic carbocycles. The molecule has 3 rings (SSSR count). The van der Waals surface area contributed by atoms with E-state index in [0.717, 1.165) is 40.6 Å². The van der Waals surface area contributed by atoms with Gasteiger partial charge in [-0.1, -0.05) is 19.1 Å². The molecule has 28 heavy (non-hydrogen) atoms. The third kappa shape index (κ3) is 4.42. The molecule has 0 radical (unpaired) electrons. The van der Waals surface area contributed by atoms with Crippen molar-refractivity contribution in [3.05, 3.63) is 65.0 Å². The quantitative estimate of drug-likeness (QED) is 0.682. The lowest BCUT2D eigenvalue weighted by atomic mass is 10.2. The maximum atomic E-state index is 12.7. The second-order valence-electron chi connectivity index (χ2n) is 7.23. The Morgan fingerprint density at radius 3 is 2.68 bits per heavy atom. The zero-order chi connectivity index (χ0) is 20.3. The second-order valence-corrected chi connectivity index (χ2v) is 7.23. The van der Waals surface area contributed by atoms with Crippen molar-refractivity contribution in [3.63, 3.8) is 0 Å². The Kier molecular flexibility index (Phi) is 5.82. The Morgan fingerprint density at radius 2 is 2.07 bits per heavy atom. The summed E-state index contributed by atoms with van der Waals surface area (Å²) in [5.74, 6) is 0.785. The van der Waals surface area contributed by atoms with Crippen molar-refractivity contribution in [3.8, 4) is 5.69 Å². The summed E-state index contributed by atoms with van der Waals surface area (Å²) >= 11 is 0. The minimum absolute atomic E-state index is 0.127. The number of aromatic nitrogens is 4. The summed E-state index contributed by atoms with van der Waals surface area (Å²) in [6, 6.07) is 9.89. The number of imidazole rings is 1. The molecule has 7 nitrogen and oxygen atoms in total. The van der Waals surface area contributed by atoms with Crippen LogP contribution >= 0.6 is 0 Å². The normalized spacial score (nSPS) is 12.0. The van der Waals surface area contributed by atoms with Gasteiger partial charge >= 0.3 is 6.03 Å². The predicted molar refractivity (Wildman–Crippen MR) is 109 cm³/mol. The van der Waals surface area contributed by atoms with E-state index in [2.05, 4.69) is 26.4 Å². The van der Waals surface area contributed by atoms with Crippen molar-refractivity contribution in [2.24, 2.45) is 0 Å². The van der Waals surface area contributed by atoms with Gasteiger partial charge in [-0.25, -0.2) is 14.5 Å². The van der Waals surface area contributed by atoms with Crippen LogP contribution < -0.4 is 5.32 Å². The third-order valence-electron chi connectivity index (χ3n) is 4.69. The molecule has 2 amide bonds. The Balaban J connectivity index is 1.68. The number of carbonyl (C=O) groups is 1. The lowest BCUT2D eigenvalue weighted by Gasteiger charge is -2.22. The molecule has 0 unspecified atom stereocenters. The molecule has 0 saturated heterocycles. The van der Waals surface area contributed by atoms with E-state index in [9.17, 15) is 4.79 Å². The fourth-order valence-electron chi connectivity index (χ4n) is 3.26. The van der Waals surface area contributed by atoms with Crippen LogP contribution in [-0.2, 0) is 6.54 Å². The number of aromatic amines is 1. The highest BCUT2D eigenvalue weighted by Crippen LogP contribution is 2.16. The van der Waals surface area contributed by atoms with Gasteiger partial charge in [0.15, 0.2) is 0 Å². The SMILES string of the molecule is CC[C@H](NC(=O)N(C)Cc1cccc(-n2nc(C)cc2C)c1)c1ncc(C)[nH]1. The number of urea groups is 1. The molecule has 0 fully saturated rings. The Hall–Kier alpha value is -3.09. The molecule has 0 bridgehead atoms. The van der Waals surface area contributed by atoms with Crippen molar-refractivity contribution >= 4 is 6.03 Å². The maximum absolute atomic E-state index is 12.7. The van der Waals surface area contributed by atoms with Gasteiger partial charge in [0.25, 0.3) is 0 Å². The summed E-state index contributed by atoms with van der Waals surface area (Å²) in [6.07, 6.45) is 2.54. The van der Waals surface area contributed by atoms with E-state index >= 15 is 0 Å².